The zero-order valence-corrected chi connectivity index (χ0v) is 15.5. The maximum atomic E-state index is 12.4. The molecule has 2 aromatic rings. The first-order chi connectivity index (χ1) is 12.6. The molecule has 1 atom stereocenters. The van der Waals surface area contributed by atoms with E-state index in [0.29, 0.717) is 12.6 Å². The van der Waals surface area contributed by atoms with E-state index >= 15 is 0 Å². The van der Waals surface area contributed by atoms with E-state index in [4.69, 9.17) is 4.98 Å². The molecule has 2 aliphatic heterocycles. The molecule has 138 valence electrons. The predicted molar refractivity (Wildman–Crippen MR) is 101 cm³/mol. The van der Waals surface area contributed by atoms with Gasteiger partial charge >= 0.3 is 0 Å². The molecule has 4 heterocycles. The Bertz CT molecular complexity index is 795. The third kappa shape index (κ3) is 3.44. The molecule has 0 bridgehead atoms. The first kappa shape index (κ1) is 17.0. The van der Waals surface area contributed by atoms with Crippen LogP contribution >= 0.6 is 0 Å². The molecule has 0 spiro atoms. The molecule has 2 aliphatic rings. The van der Waals surface area contributed by atoms with Gasteiger partial charge in [-0.05, 0) is 32.4 Å². The van der Waals surface area contributed by atoms with Gasteiger partial charge in [-0.25, -0.2) is 9.97 Å². The number of amides is 1. The molecule has 0 unspecified atom stereocenters. The second-order valence-electron chi connectivity index (χ2n) is 7.23. The van der Waals surface area contributed by atoms with E-state index in [2.05, 4.69) is 22.1 Å². The first-order valence-corrected chi connectivity index (χ1v) is 9.37. The Balaban J connectivity index is 1.49. The van der Waals surface area contributed by atoms with Crippen LogP contribution in [0, 0.1) is 6.92 Å². The number of nitrogens with one attached hydrogen (secondary N) is 1. The average molecular weight is 354 g/mol. The van der Waals surface area contributed by atoms with E-state index in [-0.39, 0.29) is 5.91 Å². The van der Waals surface area contributed by atoms with Gasteiger partial charge in [0.2, 0.25) is 11.9 Å². The number of nitrogens with zero attached hydrogens (tertiary/aromatic N) is 5. The molecule has 7 heteroatoms. The van der Waals surface area contributed by atoms with Gasteiger partial charge in [0.1, 0.15) is 6.54 Å². The summed E-state index contributed by atoms with van der Waals surface area (Å²) in [4.78, 5) is 25.9. The number of anilines is 1. The van der Waals surface area contributed by atoms with Crippen LogP contribution in [0.15, 0.2) is 24.5 Å². The molecule has 7 nitrogen and oxygen atoms in total. The lowest BCUT2D eigenvalue weighted by atomic mass is 10.1. The van der Waals surface area contributed by atoms with Gasteiger partial charge in [0.05, 0.1) is 5.69 Å². The van der Waals surface area contributed by atoms with Crippen molar-refractivity contribution in [3.63, 3.8) is 0 Å². The Labute approximate surface area is 154 Å². The molecular formula is C19H26N6O. The molecule has 0 aromatic carbocycles. The summed E-state index contributed by atoms with van der Waals surface area (Å²) in [6.07, 6.45) is 5.15. The molecule has 4 rings (SSSR count). The van der Waals surface area contributed by atoms with Crippen LogP contribution in [0.1, 0.15) is 19.0 Å². The molecule has 0 aliphatic carbocycles. The summed E-state index contributed by atoms with van der Waals surface area (Å²) in [6.45, 7) is 8.92. The molecule has 26 heavy (non-hydrogen) atoms. The molecule has 2 aromatic heterocycles. The number of aromatic nitrogens is 3. The number of hydrogen-bond donors (Lipinski definition) is 1. The summed E-state index contributed by atoms with van der Waals surface area (Å²) in [6, 6.07) is 4.54. The molecule has 0 saturated carbocycles. The first-order valence-electron chi connectivity index (χ1n) is 9.37. The normalized spacial score (nSPS) is 20.2. The van der Waals surface area contributed by atoms with E-state index < -0.39 is 0 Å². The standard InChI is InChI=1S/C19H26N6O/c1-14-11-17(22-19(21-14)25-8-3-15(25)2)16-4-7-23(12-16)13-18(26)24-9-5-20-6-10-24/h4,7,11-12,15,20H,3,5-6,8-10,13H2,1-2H3/t15-/m0/s1. The van der Waals surface area contributed by atoms with Crippen molar-refractivity contribution in [1.82, 2.24) is 24.8 Å². The van der Waals surface area contributed by atoms with Crippen LogP contribution in [0.3, 0.4) is 0 Å². The van der Waals surface area contributed by atoms with Gasteiger partial charge in [0.25, 0.3) is 0 Å². The van der Waals surface area contributed by atoms with E-state index in [1.807, 2.05) is 40.9 Å². The lowest BCUT2D eigenvalue weighted by molar-refractivity contribution is -0.132. The summed E-state index contributed by atoms with van der Waals surface area (Å²) < 4.78 is 1.95. The summed E-state index contributed by atoms with van der Waals surface area (Å²) in [5.74, 6) is 0.978. The van der Waals surface area contributed by atoms with Gasteiger partial charge in [-0.2, -0.15) is 0 Å². The van der Waals surface area contributed by atoms with E-state index in [1.54, 1.807) is 0 Å². The minimum atomic E-state index is 0.169. The van der Waals surface area contributed by atoms with Crippen LogP contribution in [0.4, 0.5) is 5.95 Å². The zero-order valence-electron chi connectivity index (χ0n) is 15.5. The van der Waals surface area contributed by atoms with Gasteiger partial charge in [0, 0.05) is 62.4 Å². The average Bonchev–Trinajstić information content (AvgIpc) is 3.09. The molecular weight excluding hydrogens is 328 g/mol. The maximum absolute atomic E-state index is 12.4. The fourth-order valence-electron chi connectivity index (χ4n) is 3.50. The SMILES string of the molecule is Cc1cc(-c2ccn(CC(=O)N3CCNCC3)c2)nc(N2CC[C@@H]2C)n1. The van der Waals surface area contributed by atoms with Crippen LogP contribution in [-0.4, -0.2) is 64.1 Å². The minimum Gasteiger partial charge on any atom is -0.344 e. The Morgan fingerprint density at radius 3 is 2.77 bits per heavy atom. The quantitative estimate of drug-likeness (QED) is 0.896. The Kier molecular flexibility index (Phi) is 4.63. The third-order valence-corrected chi connectivity index (χ3v) is 5.25. The lowest BCUT2D eigenvalue weighted by Gasteiger charge is -2.38. The van der Waals surface area contributed by atoms with Crippen molar-refractivity contribution in [2.45, 2.75) is 32.9 Å². The van der Waals surface area contributed by atoms with Crippen LogP contribution in [0.25, 0.3) is 11.3 Å². The highest BCUT2D eigenvalue weighted by molar-refractivity contribution is 5.76. The lowest BCUT2D eigenvalue weighted by Crippen LogP contribution is -2.47. The predicted octanol–water partition coefficient (Wildman–Crippen LogP) is 1.28. The van der Waals surface area contributed by atoms with Crippen LogP contribution in [0.5, 0.6) is 0 Å². The summed E-state index contributed by atoms with van der Waals surface area (Å²) >= 11 is 0. The molecule has 1 N–H and O–H groups in total. The van der Waals surface area contributed by atoms with Crippen molar-refractivity contribution < 1.29 is 4.79 Å². The maximum Gasteiger partial charge on any atom is 0.242 e. The zero-order chi connectivity index (χ0) is 18.1. The highest BCUT2D eigenvalue weighted by atomic mass is 16.2. The van der Waals surface area contributed by atoms with Crippen LogP contribution < -0.4 is 10.2 Å². The number of aryl methyl sites for hydroxylation is 1. The Morgan fingerprint density at radius 2 is 2.08 bits per heavy atom. The van der Waals surface area contributed by atoms with Gasteiger partial charge in [-0.3, -0.25) is 4.79 Å². The molecule has 2 saturated heterocycles. The third-order valence-electron chi connectivity index (χ3n) is 5.25. The second-order valence-corrected chi connectivity index (χ2v) is 7.23. The molecule has 2 fully saturated rings. The van der Waals surface area contributed by atoms with Crippen molar-refractivity contribution >= 4 is 11.9 Å². The van der Waals surface area contributed by atoms with Crippen LogP contribution in [-0.2, 0) is 11.3 Å². The summed E-state index contributed by atoms with van der Waals surface area (Å²) in [5, 5.41) is 3.27. The van der Waals surface area contributed by atoms with Crippen molar-refractivity contribution in [3.8, 4) is 11.3 Å². The van der Waals surface area contributed by atoms with Crippen molar-refractivity contribution in [1.29, 1.82) is 0 Å². The van der Waals surface area contributed by atoms with Gasteiger partial charge in [0.15, 0.2) is 0 Å². The largest absolute Gasteiger partial charge is 0.344 e. The highest BCUT2D eigenvalue weighted by Gasteiger charge is 2.26. The van der Waals surface area contributed by atoms with E-state index in [1.165, 1.54) is 6.42 Å². The fraction of sp³-hybridized carbons (Fsp3) is 0.526. The van der Waals surface area contributed by atoms with Gasteiger partial charge in [-0.1, -0.05) is 0 Å². The van der Waals surface area contributed by atoms with E-state index in [0.717, 1.165) is 55.6 Å². The smallest absolute Gasteiger partial charge is 0.242 e. The van der Waals surface area contributed by atoms with Gasteiger partial charge < -0.3 is 19.7 Å². The van der Waals surface area contributed by atoms with Crippen molar-refractivity contribution in [3.05, 3.63) is 30.2 Å². The number of piperazine rings is 1. The topological polar surface area (TPSA) is 66.3 Å². The number of hydrogen-bond acceptors (Lipinski definition) is 5. The van der Waals surface area contributed by atoms with Crippen molar-refractivity contribution in [2.24, 2.45) is 0 Å². The Hall–Kier alpha value is -2.41. The van der Waals surface area contributed by atoms with Crippen LogP contribution in [0.2, 0.25) is 0 Å². The number of carbonyl (C=O) groups excluding carboxylic acids is 1. The monoisotopic (exact) mass is 354 g/mol. The second kappa shape index (κ2) is 7.07. The van der Waals surface area contributed by atoms with Gasteiger partial charge in [-0.15, -0.1) is 0 Å². The summed E-state index contributed by atoms with van der Waals surface area (Å²) in [7, 11) is 0. The highest BCUT2D eigenvalue weighted by Crippen LogP contribution is 2.26. The molecule has 0 radical (unpaired) electrons. The van der Waals surface area contributed by atoms with E-state index in [9.17, 15) is 4.79 Å². The summed E-state index contributed by atoms with van der Waals surface area (Å²) in [5.41, 5.74) is 2.91. The number of rotatable bonds is 4. The number of carbonyl (C=O) groups is 1. The Morgan fingerprint density at radius 1 is 1.27 bits per heavy atom. The fourth-order valence-corrected chi connectivity index (χ4v) is 3.50. The van der Waals surface area contributed by atoms with Crippen molar-refractivity contribution in [2.75, 3.05) is 37.6 Å². The molecule has 1 amide bonds. The minimum absolute atomic E-state index is 0.169.